The third-order valence-corrected chi connectivity index (χ3v) is 4.96. The number of nitrogens with zero attached hydrogens (tertiary/aromatic N) is 4. The Morgan fingerprint density at radius 2 is 2.00 bits per heavy atom. The highest BCUT2D eigenvalue weighted by Gasteiger charge is 2.24. The summed E-state index contributed by atoms with van der Waals surface area (Å²) in [6, 6.07) is 0.337. The van der Waals surface area contributed by atoms with Crippen molar-refractivity contribution in [3.8, 4) is 0 Å². The predicted molar refractivity (Wildman–Crippen MR) is 83.9 cm³/mol. The largest absolute Gasteiger partial charge is 0.378 e. The van der Waals surface area contributed by atoms with Gasteiger partial charge in [0.05, 0.1) is 19.8 Å². The van der Waals surface area contributed by atoms with Gasteiger partial charge < -0.3 is 15.0 Å². The first-order chi connectivity index (χ1) is 10.7. The van der Waals surface area contributed by atoms with Crippen molar-refractivity contribution < 1.29 is 9.53 Å². The molecule has 3 rings (SSSR count). The number of rotatable bonds is 3. The molecule has 7 nitrogen and oxygen atoms in total. The molecule has 1 N–H and O–H groups in total. The van der Waals surface area contributed by atoms with Gasteiger partial charge in [-0.15, -0.1) is 21.5 Å². The molecule has 2 saturated heterocycles. The SMILES string of the molecule is Cc1nnc(CN2CCC(NC(=O)N3CCOCC3)CC2)s1. The second-order valence-corrected chi connectivity index (χ2v) is 7.08. The van der Waals surface area contributed by atoms with Crippen molar-refractivity contribution >= 4 is 17.4 Å². The van der Waals surface area contributed by atoms with E-state index in [2.05, 4.69) is 20.4 Å². The number of likely N-dealkylation sites (tertiary alicyclic amines) is 1. The van der Waals surface area contributed by atoms with E-state index in [-0.39, 0.29) is 12.1 Å². The summed E-state index contributed by atoms with van der Waals surface area (Å²) in [5.41, 5.74) is 0. The standard InChI is InChI=1S/C14H23N5O2S/c1-11-16-17-13(22-11)10-18-4-2-12(3-5-18)15-14(20)19-6-8-21-9-7-19/h12H,2-10H2,1H3,(H,15,20). The van der Waals surface area contributed by atoms with Crippen LogP contribution in [0.2, 0.25) is 0 Å². The number of carbonyl (C=O) groups excluding carboxylic acids is 1. The van der Waals surface area contributed by atoms with Gasteiger partial charge in [-0.05, 0) is 19.8 Å². The van der Waals surface area contributed by atoms with Crippen LogP contribution < -0.4 is 5.32 Å². The minimum Gasteiger partial charge on any atom is -0.378 e. The normalized spacial score (nSPS) is 21.0. The maximum absolute atomic E-state index is 12.2. The van der Waals surface area contributed by atoms with Crippen molar-refractivity contribution in [2.24, 2.45) is 0 Å². The Hall–Kier alpha value is -1.25. The lowest BCUT2D eigenvalue weighted by atomic mass is 10.1. The summed E-state index contributed by atoms with van der Waals surface area (Å²) in [6.45, 7) is 7.52. The number of urea groups is 1. The van der Waals surface area contributed by atoms with Gasteiger partial charge in [-0.3, -0.25) is 4.90 Å². The Labute approximate surface area is 134 Å². The molecule has 0 radical (unpaired) electrons. The van der Waals surface area contributed by atoms with Gasteiger partial charge in [0.15, 0.2) is 0 Å². The van der Waals surface area contributed by atoms with E-state index in [4.69, 9.17) is 4.74 Å². The summed E-state index contributed by atoms with van der Waals surface area (Å²) in [6.07, 6.45) is 1.99. The van der Waals surface area contributed by atoms with Gasteiger partial charge in [0, 0.05) is 32.2 Å². The molecule has 2 aliphatic rings. The Morgan fingerprint density at radius 1 is 1.27 bits per heavy atom. The molecule has 0 atom stereocenters. The predicted octanol–water partition coefficient (Wildman–Crippen LogP) is 0.853. The average molecular weight is 325 g/mol. The van der Waals surface area contributed by atoms with Crippen molar-refractivity contribution in [3.63, 3.8) is 0 Å². The molecule has 2 fully saturated rings. The molecular formula is C14H23N5O2S. The Kier molecular flexibility index (Phi) is 5.22. The molecule has 2 amide bonds. The highest BCUT2D eigenvalue weighted by atomic mass is 32.1. The minimum atomic E-state index is 0.0569. The zero-order valence-electron chi connectivity index (χ0n) is 13.0. The number of morpholine rings is 1. The molecule has 1 aromatic heterocycles. The van der Waals surface area contributed by atoms with Crippen LogP contribution in [0, 0.1) is 6.92 Å². The third-order valence-electron chi connectivity index (χ3n) is 4.14. The summed E-state index contributed by atoms with van der Waals surface area (Å²) >= 11 is 1.66. The quantitative estimate of drug-likeness (QED) is 0.892. The number of nitrogens with one attached hydrogen (secondary N) is 1. The molecule has 122 valence electrons. The highest BCUT2D eigenvalue weighted by Crippen LogP contribution is 2.16. The fraction of sp³-hybridized carbons (Fsp3) is 0.786. The van der Waals surface area contributed by atoms with Crippen molar-refractivity contribution in [3.05, 3.63) is 10.0 Å². The molecule has 0 saturated carbocycles. The van der Waals surface area contributed by atoms with E-state index in [0.29, 0.717) is 26.3 Å². The number of ether oxygens (including phenoxy) is 1. The van der Waals surface area contributed by atoms with Crippen LogP contribution in [0.25, 0.3) is 0 Å². The lowest BCUT2D eigenvalue weighted by molar-refractivity contribution is 0.0516. The second kappa shape index (κ2) is 7.34. The lowest BCUT2D eigenvalue weighted by Gasteiger charge is -2.34. The van der Waals surface area contributed by atoms with Crippen LogP contribution in [0.4, 0.5) is 4.79 Å². The number of piperidine rings is 1. The maximum atomic E-state index is 12.2. The van der Waals surface area contributed by atoms with Gasteiger partial charge >= 0.3 is 6.03 Å². The Morgan fingerprint density at radius 3 is 2.64 bits per heavy atom. The van der Waals surface area contributed by atoms with Crippen molar-refractivity contribution in [2.45, 2.75) is 32.4 Å². The van der Waals surface area contributed by atoms with E-state index in [0.717, 1.165) is 42.5 Å². The number of hydrogen-bond donors (Lipinski definition) is 1. The van der Waals surface area contributed by atoms with Crippen molar-refractivity contribution in [2.75, 3.05) is 39.4 Å². The van der Waals surface area contributed by atoms with E-state index in [1.807, 2.05) is 11.8 Å². The van der Waals surface area contributed by atoms with Crippen LogP contribution >= 0.6 is 11.3 Å². The Balaban J connectivity index is 1.40. The van der Waals surface area contributed by atoms with E-state index in [1.165, 1.54) is 0 Å². The first kappa shape index (κ1) is 15.6. The monoisotopic (exact) mass is 325 g/mol. The van der Waals surface area contributed by atoms with E-state index < -0.39 is 0 Å². The first-order valence-electron chi connectivity index (χ1n) is 7.85. The second-order valence-electron chi connectivity index (χ2n) is 5.81. The minimum absolute atomic E-state index is 0.0569. The fourth-order valence-electron chi connectivity index (χ4n) is 2.86. The molecule has 0 bridgehead atoms. The summed E-state index contributed by atoms with van der Waals surface area (Å²) < 4.78 is 5.27. The van der Waals surface area contributed by atoms with Crippen molar-refractivity contribution in [1.29, 1.82) is 0 Å². The van der Waals surface area contributed by atoms with E-state index >= 15 is 0 Å². The van der Waals surface area contributed by atoms with Crippen LogP contribution in [0.1, 0.15) is 22.9 Å². The van der Waals surface area contributed by atoms with Crippen molar-refractivity contribution in [1.82, 2.24) is 25.3 Å². The number of hydrogen-bond acceptors (Lipinski definition) is 6. The first-order valence-corrected chi connectivity index (χ1v) is 8.67. The van der Waals surface area contributed by atoms with Crippen LogP contribution in [0.5, 0.6) is 0 Å². The number of amides is 2. The fourth-order valence-corrected chi connectivity index (χ4v) is 3.61. The zero-order valence-corrected chi connectivity index (χ0v) is 13.8. The van der Waals surface area contributed by atoms with Gasteiger partial charge in [0.1, 0.15) is 10.0 Å². The molecule has 0 spiro atoms. The van der Waals surface area contributed by atoms with Crippen LogP contribution in [-0.2, 0) is 11.3 Å². The maximum Gasteiger partial charge on any atom is 0.317 e. The molecule has 22 heavy (non-hydrogen) atoms. The van der Waals surface area contributed by atoms with Crippen LogP contribution in [-0.4, -0.2) is 71.5 Å². The summed E-state index contributed by atoms with van der Waals surface area (Å²) in [5, 5.41) is 13.5. The van der Waals surface area contributed by atoms with Crippen LogP contribution in [0.15, 0.2) is 0 Å². The molecule has 8 heteroatoms. The van der Waals surface area contributed by atoms with Gasteiger partial charge in [0.25, 0.3) is 0 Å². The zero-order chi connectivity index (χ0) is 15.4. The molecule has 3 heterocycles. The number of aryl methyl sites for hydroxylation is 1. The third kappa shape index (κ3) is 4.15. The Bertz CT molecular complexity index is 495. The molecule has 1 aromatic rings. The summed E-state index contributed by atoms with van der Waals surface area (Å²) in [4.78, 5) is 16.4. The topological polar surface area (TPSA) is 70.6 Å². The van der Waals surface area contributed by atoms with E-state index in [1.54, 1.807) is 11.3 Å². The van der Waals surface area contributed by atoms with Gasteiger partial charge in [0.2, 0.25) is 0 Å². The molecule has 0 aromatic carbocycles. The summed E-state index contributed by atoms with van der Waals surface area (Å²) in [7, 11) is 0. The van der Waals surface area contributed by atoms with Gasteiger partial charge in [-0.1, -0.05) is 0 Å². The smallest absolute Gasteiger partial charge is 0.317 e. The number of carbonyl (C=O) groups is 1. The highest BCUT2D eigenvalue weighted by molar-refractivity contribution is 7.11. The molecule has 0 aliphatic carbocycles. The average Bonchev–Trinajstić information content (AvgIpc) is 2.95. The summed E-state index contributed by atoms with van der Waals surface area (Å²) in [5.74, 6) is 0. The lowest BCUT2D eigenvalue weighted by Crippen LogP contribution is -2.51. The van der Waals surface area contributed by atoms with Crippen LogP contribution in [0.3, 0.4) is 0 Å². The van der Waals surface area contributed by atoms with Gasteiger partial charge in [-0.25, -0.2) is 4.79 Å². The number of aromatic nitrogens is 2. The van der Waals surface area contributed by atoms with E-state index in [9.17, 15) is 4.79 Å². The molecule has 0 unspecified atom stereocenters. The van der Waals surface area contributed by atoms with Gasteiger partial charge in [-0.2, -0.15) is 0 Å². The molecular weight excluding hydrogens is 302 g/mol. The molecule has 2 aliphatic heterocycles.